The van der Waals surface area contributed by atoms with Gasteiger partial charge in [-0.05, 0) is 37.0 Å². The highest BCUT2D eigenvalue weighted by Crippen LogP contribution is 2.19. The van der Waals surface area contributed by atoms with Gasteiger partial charge in [0, 0.05) is 5.92 Å². The zero-order valence-electron chi connectivity index (χ0n) is 8.44. The zero-order chi connectivity index (χ0) is 9.14. The van der Waals surface area contributed by atoms with Crippen LogP contribution in [0.2, 0.25) is 0 Å². The van der Waals surface area contributed by atoms with Gasteiger partial charge in [0.15, 0.2) is 0 Å². The molecule has 1 rings (SSSR count). The Balaban J connectivity index is 2.96. The molecule has 0 heteroatoms. The van der Waals surface area contributed by atoms with Crippen molar-refractivity contribution >= 4 is 0 Å². The van der Waals surface area contributed by atoms with Gasteiger partial charge >= 0.3 is 0 Å². The van der Waals surface area contributed by atoms with E-state index in [2.05, 4.69) is 45.9 Å². The van der Waals surface area contributed by atoms with Gasteiger partial charge in [-0.15, -0.1) is 0 Å². The Morgan fingerprint density at radius 3 is 2.33 bits per heavy atom. The third-order valence-electron chi connectivity index (χ3n) is 2.53. The molecule has 1 aromatic carbocycles. The van der Waals surface area contributed by atoms with Gasteiger partial charge in [0.05, 0.1) is 0 Å². The Morgan fingerprint density at radius 2 is 1.83 bits per heavy atom. The molecule has 0 spiro atoms. The second kappa shape index (κ2) is 3.75. The topological polar surface area (TPSA) is 0 Å². The molecule has 0 saturated carbocycles. The summed E-state index contributed by atoms with van der Waals surface area (Å²) < 4.78 is 0. The van der Waals surface area contributed by atoms with Crippen LogP contribution < -0.4 is 0 Å². The lowest BCUT2D eigenvalue weighted by Crippen LogP contribution is -1.93. The monoisotopic (exact) mass is 161 g/mol. The fourth-order valence-corrected chi connectivity index (χ4v) is 1.21. The summed E-state index contributed by atoms with van der Waals surface area (Å²) in [6.45, 7) is 8.72. The van der Waals surface area contributed by atoms with Crippen LogP contribution in [0, 0.1) is 19.8 Å². The predicted molar refractivity (Wildman–Crippen MR) is 54.2 cm³/mol. The van der Waals surface area contributed by atoms with Crippen LogP contribution in [0.1, 0.15) is 37.0 Å². The SMILES string of the molecule is CC[C](C)c1ccc(C)c(C)c1. The Kier molecular flexibility index (Phi) is 2.91. The summed E-state index contributed by atoms with van der Waals surface area (Å²) in [6.07, 6.45) is 1.14. The molecular formula is C12H17. The van der Waals surface area contributed by atoms with Gasteiger partial charge in [0.25, 0.3) is 0 Å². The normalized spacial score (nSPS) is 10.8. The van der Waals surface area contributed by atoms with E-state index in [1.807, 2.05) is 0 Å². The van der Waals surface area contributed by atoms with Crippen LogP contribution in [0.5, 0.6) is 0 Å². The molecule has 0 aliphatic carbocycles. The first kappa shape index (κ1) is 9.31. The molecule has 0 atom stereocenters. The zero-order valence-corrected chi connectivity index (χ0v) is 8.44. The molecule has 0 heterocycles. The van der Waals surface area contributed by atoms with Crippen LogP contribution in [-0.4, -0.2) is 0 Å². The molecule has 0 saturated heterocycles. The minimum Gasteiger partial charge on any atom is -0.0645 e. The van der Waals surface area contributed by atoms with Crippen molar-refractivity contribution in [3.63, 3.8) is 0 Å². The summed E-state index contributed by atoms with van der Waals surface area (Å²) in [7, 11) is 0. The molecule has 0 N–H and O–H groups in total. The highest BCUT2D eigenvalue weighted by Gasteiger charge is 2.03. The van der Waals surface area contributed by atoms with Gasteiger partial charge in [-0.3, -0.25) is 0 Å². The van der Waals surface area contributed by atoms with E-state index in [9.17, 15) is 0 Å². The van der Waals surface area contributed by atoms with Crippen LogP contribution in [0.15, 0.2) is 18.2 Å². The number of hydrogen-bond acceptors (Lipinski definition) is 0. The highest BCUT2D eigenvalue weighted by molar-refractivity contribution is 5.36. The van der Waals surface area contributed by atoms with E-state index < -0.39 is 0 Å². The van der Waals surface area contributed by atoms with Gasteiger partial charge in [-0.2, -0.15) is 0 Å². The first-order valence-electron chi connectivity index (χ1n) is 4.55. The van der Waals surface area contributed by atoms with E-state index in [1.165, 1.54) is 22.6 Å². The lowest BCUT2D eigenvalue weighted by molar-refractivity contribution is 0.955. The van der Waals surface area contributed by atoms with Gasteiger partial charge in [0.1, 0.15) is 0 Å². The molecule has 0 aliphatic heterocycles. The summed E-state index contributed by atoms with van der Waals surface area (Å²) in [5.74, 6) is 1.47. The fraction of sp³-hybridized carbons (Fsp3) is 0.417. The summed E-state index contributed by atoms with van der Waals surface area (Å²) in [4.78, 5) is 0. The molecule has 0 aliphatic rings. The molecule has 1 aromatic rings. The summed E-state index contributed by atoms with van der Waals surface area (Å²) in [5.41, 5.74) is 4.16. The third kappa shape index (κ3) is 1.88. The van der Waals surface area contributed by atoms with Crippen molar-refractivity contribution in [3.05, 3.63) is 40.8 Å². The summed E-state index contributed by atoms with van der Waals surface area (Å²) in [6, 6.07) is 6.68. The van der Waals surface area contributed by atoms with Crippen molar-refractivity contribution in [2.24, 2.45) is 0 Å². The van der Waals surface area contributed by atoms with Crippen molar-refractivity contribution in [1.82, 2.24) is 0 Å². The molecule has 0 fully saturated rings. The maximum absolute atomic E-state index is 2.27. The van der Waals surface area contributed by atoms with Crippen molar-refractivity contribution in [3.8, 4) is 0 Å². The van der Waals surface area contributed by atoms with Crippen LogP contribution in [0.3, 0.4) is 0 Å². The van der Waals surface area contributed by atoms with E-state index in [4.69, 9.17) is 0 Å². The molecule has 0 unspecified atom stereocenters. The van der Waals surface area contributed by atoms with E-state index in [1.54, 1.807) is 0 Å². The van der Waals surface area contributed by atoms with Crippen LogP contribution in [-0.2, 0) is 0 Å². The number of benzene rings is 1. The van der Waals surface area contributed by atoms with Crippen LogP contribution in [0.25, 0.3) is 0 Å². The second-order valence-electron chi connectivity index (χ2n) is 3.43. The molecule has 0 nitrogen and oxygen atoms in total. The maximum atomic E-state index is 2.27. The third-order valence-corrected chi connectivity index (χ3v) is 2.53. The first-order valence-corrected chi connectivity index (χ1v) is 4.55. The average Bonchev–Trinajstić information content (AvgIpc) is 2.08. The highest BCUT2D eigenvalue weighted by atomic mass is 14.1. The molecule has 1 radical (unpaired) electrons. The minimum atomic E-state index is 1.14. The van der Waals surface area contributed by atoms with E-state index in [0.717, 1.165) is 6.42 Å². The maximum Gasteiger partial charge on any atom is 0.00163 e. The summed E-state index contributed by atoms with van der Waals surface area (Å²) >= 11 is 0. The second-order valence-corrected chi connectivity index (χ2v) is 3.43. The molecule has 0 aromatic heterocycles. The minimum absolute atomic E-state index is 1.14. The van der Waals surface area contributed by atoms with Crippen LogP contribution in [0.4, 0.5) is 0 Å². The predicted octanol–water partition coefficient (Wildman–Crippen LogP) is 3.66. The Labute approximate surface area is 75.6 Å². The van der Waals surface area contributed by atoms with E-state index in [-0.39, 0.29) is 0 Å². The number of aryl methyl sites for hydroxylation is 2. The quantitative estimate of drug-likeness (QED) is 0.621. The average molecular weight is 161 g/mol. The molecule has 12 heavy (non-hydrogen) atoms. The first-order chi connectivity index (χ1) is 5.65. The number of rotatable bonds is 2. The Morgan fingerprint density at radius 1 is 1.17 bits per heavy atom. The van der Waals surface area contributed by atoms with Gasteiger partial charge in [-0.1, -0.05) is 32.0 Å². The van der Waals surface area contributed by atoms with Crippen molar-refractivity contribution < 1.29 is 0 Å². The molecular weight excluding hydrogens is 144 g/mol. The lowest BCUT2D eigenvalue weighted by atomic mass is 9.95. The fourth-order valence-electron chi connectivity index (χ4n) is 1.21. The van der Waals surface area contributed by atoms with Gasteiger partial charge in [-0.25, -0.2) is 0 Å². The van der Waals surface area contributed by atoms with Crippen LogP contribution >= 0.6 is 0 Å². The standard InChI is InChI=1S/C12H17/c1-5-9(2)12-7-6-10(3)11(4)8-12/h6-8H,5H2,1-4H3. The largest absolute Gasteiger partial charge is 0.0645 e. The molecule has 0 bridgehead atoms. The Bertz CT molecular complexity index is 261. The number of hydrogen-bond donors (Lipinski definition) is 0. The lowest BCUT2D eigenvalue weighted by Gasteiger charge is -2.10. The van der Waals surface area contributed by atoms with Gasteiger partial charge in [0.2, 0.25) is 0 Å². The van der Waals surface area contributed by atoms with E-state index in [0.29, 0.717) is 0 Å². The van der Waals surface area contributed by atoms with Crippen molar-refractivity contribution in [2.75, 3.05) is 0 Å². The Hall–Kier alpha value is -0.780. The van der Waals surface area contributed by atoms with E-state index >= 15 is 0 Å². The van der Waals surface area contributed by atoms with Gasteiger partial charge < -0.3 is 0 Å². The smallest absolute Gasteiger partial charge is 0.00163 e. The molecule has 0 amide bonds. The molecule has 65 valence electrons. The summed E-state index contributed by atoms with van der Waals surface area (Å²) in [5, 5.41) is 0. The van der Waals surface area contributed by atoms with Crippen molar-refractivity contribution in [1.29, 1.82) is 0 Å². The van der Waals surface area contributed by atoms with Crippen molar-refractivity contribution in [2.45, 2.75) is 34.1 Å².